The lowest BCUT2D eigenvalue weighted by atomic mass is 10.1. The molecule has 0 spiro atoms. The number of phenolic OH excluding ortho intramolecular Hbond substituents is 4. The summed E-state index contributed by atoms with van der Waals surface area (Å²) in [5.41, 5.74) is 5.60. The van der Waals surface area contributed by atoms with Gasteiger partial charge in [-0.1, -0.05) is 18.2 Å². The van der Waals surface area contributed by atoms with Crippen LogP contribution in [0.3, 0.4) is 0 Å². The molecule has 0 bridgehead atoms. The molecule has 7 N–H and O–H groups in total. The summed E-state index contributed by atoms with van der Waals surface area (Å²) in [5.74, 6) is -1.99. The van der Waals surface area contributed by atoms with Crippen molar-refractivity contribution in [1.82, 2.24) is 0 Å². The minimum absolute atomic E-state index is 0.0862. The van der Waals surface area contributed by atoms with E-state index in [-0.39, 0.29) is 45.1 Å². The van der Waals surface area contributed by atoms with Crippen LogP contribution < -0.4 is 15.9 Å². The molecule has 192 valence electrons. The zero-order valence-electron chi connectivity index (χ0n) is 19.5. The summed E-state index contributed by atoms with van der Waals surface area (Å²) in [7, 11) is 0. The van der Waals surface area contributed by atoms with Gasteiger partial charge in [0.2, 0.25) is 11.2 Å². The molecular formula is C28H21NO9. The molecule has 0 aliphatic heterocycles. The molecule has 5 rings (SSSR count). The van der Waals surface area contributed by atoms with E-state index in [1.165, 1.54) is 48.5 Å². The molecule has 0 saturated carbocycles. The molecule has 1 heterocycles. The smallest absolute Gasteiger partial charge is 0.347 e. The SMILES string of the molecule is Nc1ccc(C(=O)Oc2ccccc2)c(O)c1.O=c1c(O)c(-c2ccc(O)c(O)c2)oc2cc(O)ccc12. The van der Waals surface area contributed by atoms with E-state index in [1.807, 2.05) is 6.07 Å². The summed E-state index contributed by atoms with van der Waals surface area (Å²) in [6, 6.07) is 20.5. The second kappa shape index (κ2) is 10.5. The highest BCUT2D eigenvalue weighted by Gasteiger charge is 2.17. The first-order valence-electron chi connectivity index (χ1n) is 11.0. The minimum atomic E-state index is -0.654. The van der Waals surface area contributed by atoms with Gasteiger partial charge in [0.25, 0.3) is 0 Å². The molecule has 0 fully saturated rings. The standard InChI is InChI=1S/C15H10O6.C13H11NO3/c16-8-2-3-9-12(6-8)21-15(14(20)13(9)19)7-1-4-10(17)11(18)5-7;14-9-6-7-11(12(15)8-9)13(16)17-10-4-2-1-3-5-10/h1-6,16-18,20H;1-8,15H,14H2. The normalized spacial score (nSPS) is 10.4. The number of carbonyl (C=O) groups is 1. The van der Waals surface area contributed by atoms with E-state index in [4.69, 9.17) is 14.9 Å². The van der Waals surface area contributed by atoms with Crippen LogP contribution in [0.5, 0.6) is 34.5 Å². The lowest BCUT2D eigenvalue weighted by molar-refractivity contribution is 0.0731. The molecule has 38 heavy (non-hydrogen) atoms. The van der Waals surface area contributed by atoms with E-state index < -0.39 is 22.9 Å². The number of hydrogen-bond donors (Lipinski definition) is 6. The van der Waals surface area contributed by atoms with Gasteiger partial charge < -0.3 is 40.4 Å². The van der Waals surface area contributed by atoms with E-state index in [1.54, 1.807) is 24.3 Å². The van der Waals surface area contributed by atoms with Gasteiger partial charge in [0.15, 0.2) is 17.3 Å². The number of aromatic hydroxyl groups is 5. The Morgan fingerprint density at radius 2 is 1.50 bits per heavy atom. The molecule has 0 unspecified atom stereocenters. The number of hydrogen-bond acceptors (Lipinski definition) is 10. The highest BCUT2D eigenvalue weighted by molar-refractivity contribution is 5.94. The fourth-order valence-corrected chi connectivity index (χ4v) is 3.40. The van der Waals surface area contributed by atoms with Crippen LogP contribution in [-0.4, -0.2) is 31.5 Å². The molecule has 0 amide bonds. The van der Waals surface area contributed by atoms with Crippen molar-refractivity contribution >= 4 is 22.6 Å². The van der Waals surface area contributed by atoms with Gasteiger partial charge in [-0.15, -0.1) is 0 Å². The van der Waals surface area contributed by atoms with E-state index in [0.717, 1.165) is 6.07 Å². The number of fused-ring (bicyclic) bond motifs is 1. The average Bonchev–Trinajstić information content (AvgIpc) is 2.88. The van der Waals surface area contributed by atoms with Gasteiger partial charge in [-0.05, 0) is 54.6 Å². The number of ether oxygens (including phenoxy) is 1. The van der Waals surface area contributed by atoms with Crippen molar-refractivity contribution in [1.29, 1.82) is 0 Å². The van der Waals surface area contributed by atoms with E-state index >= 15 is 0 Å². The van der Waals surface area contributed by atoms with Crippen molar-refractivity contribution < 1.29 is 39.5 Å². The number of nitrogens with two attached hydrogens (primary N) is 1. The summed E-state index contributed by atoms with van der Waals surface area (Å²) in [5, 5.41) is 47.9. The molecule has 10 heteroatoms. The zero-order valence-corrected chi connectivity index (χ0v) is 19.5. The highest BCUT2D eigenvalue weighted by Crippen LogP contribution is 2.35. The topological polar surface area (TPSA) is 184 Å². The van der Waals surface area contributed by atoms with Crippen LogP contribution in [0.15, 0.2) is 94.1 Å². The zero-order chi connectivity index (χ0) is 27.4. The van der Waals surface area contributed by atoms with E-state index in [9.17, 15) is 35.1 Å². The van der Waals surface area contributed by atoms with Crippen LogP contribution in [0.2, 0.25) is 0 Å². The van der Waals surface area contributed by atoms with Crippen molar-refractivity contribution in [2.45, 2.75) is 0 Å². The molecule has 10 nitrogen and oxygen atoms in total. The Kier molecular flexibility index (Phi) is 7.06. The molecule has 0 radical (unpaired) electrons. The lowest BCUT2D eigenvalue weighted by Gasteiger charge is -2.07. The second-order valence-electron chi connectivity index (χ2n) is 7.97. The summed E-state index contributed by atoms with van der Waals surface area (Å²) in [6.45, 7) is 0. The van der Waals surface area contributed by atoms with Gasteiger partial charge in [0.05, 0.1) is 5.39 Å². The van der Waals surface area contributed by atoms with Crippen molar-refractivity contribution in [2.24, 2.45) is 0 Å². The Labute approximate surface area is 214 Å². The Balaban J connectivity index is 0.000000181. The fraction of sp³-hybridized carbons (Fsp3) is 0. The maximum absolute atomic E-state index is 12.1. The van der Waals surface area contributed by atoms with Crippen LogP contribution >= 0.6 is 0 Å². The maximum atomic E-state index is 12.1. The van der Waals surface area contributed by atoms with Crippen molar-refractivity contribution in [2.75, 3.05) is 5.73 Å². The minimum Gasteiger partial charge on any atom is -0.508 e. The van der Waals surface area contributed by atoms with Gasteiger partial charge in [-0.25, -0.2) is 4.79 Å². The van der Waals surface area contributed by atoms with Crippen LogP contribution in [0, 0.1) is 0 Å². The van der Waals surface area contributed by atoms with Crippen LogP contribution in [0.1, 0.15) is 10.4 Å². The van der Waals surface area contributed by atoms with E-state index in [2.05, 4.69) is 0 Å². The van der Waals surface area contributed by atoms with E-state index in [0.29, 0.717) is 11.4 Å². The van der Waals surface area contributed by atoms with Gasteiger partial charge in [0.1, 0.15) is 28.4 Å². The number of benzene rings is 4. The van der Waals surface area contributed by atoms with Crippen molar-refractivity contribution in [3.05, 3.63) is 101 Å². The molecular weight excluding hydrogens is 494 g/mol. The third-order valence-electron chi connectivity index (χ3n) is 5.29. The Bertz CT molecular complexity index is 1700. The molecule has 0 aliphatic carbocycles. The van der Waals surface area contributed by atoms with Crippen LogP contribution in [-0.2, 0) is 0 Å². The van der Waals surface area contributed by atoms with Crippen molar-refractivity contribution in [3.63, 3.8) is 0 Å². The average molecular weight is 515 g/mol. The van der Waals surface area contributed by atoms with Gasteiger partial charge >= 0.3 is 5.97 Å². The lowest BCUT2D eigenvalue weighted by Crippen LogP contribution is -2.08. The van der Waals surface area contributed by atoms with Crippen molar-refractivity contribution in [3.8, 4) is 45.8 Å². The second-order valence-corrected chi connectivity index (χ2v) is 7.97. The predicted molar refractivity (Wildman–Crippen MR) is 138 cm³/mol. The number of anilines is 1. The first-order chi connectivity index (χ1) is 18.1. The Morgan fingerprint density at radius 1 is 0.763 bits per heavy atom. The van der Waals surface area contributed by atoms with Crippen LogP contribution in [0.25, 0.3) is 22.3 Å². The predicted octanol–water partition coefficient (Wildman–Crippen LogP) is 4.48. The van der Waals surface area contributed by atoms with Gasteiger partial charge in [0, 0.05) is 23.4 Å². The Hall–Kier alpha value is -5.64. The van der Waals surface area contributed by atoms with Crippen LogP contribution in [0.4, 0.5) is 5.69 Å². The number of para-hydroxylation sites is 1. The van der Waals surface area contributed by atoms with Gasteiger partial charge in [-0.3, -0.25) is 4.79 Å². The molecule has 1 aromatic heterocycles. The molecule has 4 aromatic carbocycles. The molecule has 0 saturated heterocycles. The number of carbonyl (C=O) groups excluding carboxylic acids is 1. The number of nitrogen functional groups attached to an aromatic ring is 1. The summed E-state index contributed by atoms with van der Waals surface area (Å²) >= 11 is 0. The third-order valence-corrected chi connectivity index (χ3v) is 5.29. The number of rotatable bonds is 3. The fourth-order valence-electron chi connectivity index (χ4n) is 3.40. The summed E-state index contributed by atoms with van der Waals surface area (Å²) in [6.07, 6.45) is 0. The summed E-state index contributed by atoms with van der Waals surface area (Å²) < 4.78 is 10.5. The number of phenols is 4. The Morgan fingerprint density at radius 3 is 2.18 bits per heavy atom. The summed E-state index contributed by atoms with van der Waals surface area (Å²) in [4.78, 5) is 23.8. The quantitative estimate of drug-likeness (QED) is 0.0867. The first kappa shape index (κ1) is 25.5. The largest absolute Gasteiger partial charge is 0.508 e. The highest BCUT2D eigenvalue weighted by atomic mass is 16.5. The monoisotopic (exact) mass is 515 g/mol. The first-order valence-corrected chi connectivity index (χ1v) is 11.0. The third kappa shape index (κ3) is 5.44. The molecule has 5 aromatic rings. The van der Waals surface area contributed by atoms with Gasteiger partial charge in [-0.2, -0.15) is 0 Å². The number of esters is 1. The molecule has 0 atom stereocenters. The maximum Gasteiger partial charge on any atom is 0.347 e. The molecule has 0 aliphatic rings.